The van der Waals surface area contributed by atoms with E-state index < -0.39 is 17.8 Å². The predicted octanol–water partition coefficient (Wildman–Crippen LogP) is 1.61. The minimum absolute atomic E-state index is 0.165. The molecule has 0 radical (unpaired) electrons. The van der Waals surface area contributed by atoms with Crippen molar-refractivity contribution >= 4 is 46.5 Å². The van der Waals surface area contributed by atoms with Crippen molar-refractivity contribution in [1.29, 1.82) is 0 Å². The van der Waals surface area contributed by atoms with Crippen LogP contribution in [0, 0.1) is 3.57 Å². The third-order valence-electron chi connectivity index (χ3n) is 2.85. The van der Waals surface area contributed by atoms with E-state index in [1.807, 2.05) is 10.6 Å². The Morgan fingerprint density at radius 1 is 1.22 bits per heavy atom. The lowest BCUT2D eigenvalue weighted by molar-refractivity contribution is -0.123. The number of carbonyl (C=O) groups is 3. The first kappa shape index (κ1) is 17.0. The lowest BCUT2D eigenvalue weighted by Crippen LogP contribution is -2.51. The van der Waals surface area contributed by atoms with Gasteiger partial charge in [-0.1, -0.05) is 12.7 Å². The van der Waals surface area contributed by atoms with E-state index in [-0.39, 0.29) is 5.57 Å². The number of nitrogens with one attached hydrogen (secondary N) is 2. The molecule has 2 N–H and O–H groups in total. The minimum Gasteiger partial charge on any atom is -0.493 e. The van der Waals surface area contributed by atoms with Crippen molar-refractivity contribution in [3.8, 4) is 11.5 Å². The first-order valence-corrected chi connectivity index (χ1v) is 7.53. The van der Waals surface area contributed by atoms with E-state index >= 15 is 0 Å². The molecule has 120 valence electrons. The number of urea groups is 1. The molecule has 2 rings (SSSR count). The maximum Gasteiger partial charge on any atom is 0.328 e. The molecule has 8 heteroatoms. The number of halogens is 1. The van der Waals surface area contributed by atoms with E-state index in [4.69, 9.17) is 9.47 Å². The second kappa shape index (κ2) is 7.27. The van der Waals surface area contributed by atoms with E-state index in [9.17, 15) is 14.4 Å². The van der Waals surface area contributed by atoms with Gasteiger partial charge in [0.1, 0.15) is 12.2 Å². The molecular formula is C15H13IN2O5. The standard InChI is InChI=1S/C15H13IN2O5/c1-3-4-23-12-10(16)6-8(7-11(12)22-2)5-9-13(19)17-15(21)18-14(9)20/h3,5-7H,1,4H2,2H3,(H2,17,18,19,20,21). The number of barbiturate groups is 1. The molecule has 0 bridgehead atoms. The predicted molar refractivity (Wildman–Crippen MR) is 91.1 cm³/mol. The summed E-state index contributed by atoms with van der Waals surface area (Å²) in [6.07, 6.45) is 2.98. The fourth-order valence-corrected chi connectivity index (χ4v) is 2.66. The summed E-state index contributed by atoms with van der Waals surface area (Å²) in [7, 11) is 1.49. The lowest BCUT2D eigenvalue weighted by Gasteiger charge is -2.15. The van der Waals surface area contributed by atoms with Gasteiger partial charge in [0, 0.05) is 0 Å². The number of benzene rings is 1. The van der Waals surface area contributed by atoms with Gasteiger partial charge in [-0.15, -0.1) is 0 Å². The zero-order valence-electron chi connectivity index (χ0n) is 12.1. The number of rotatable bonds is 5. The summed E-state index contributed by atoms with van der Waals surface area (Å²) >= 11 is 2.06. The number of methoxy groups -OCH3 is 1. The first-order valence-electron chi connectivity index (χ1n) is 6.46. The Hall–Kier alpha value is -2.36. The number of ether oxygens (including phenoxy) is 2. The van der Waals surface area contributed by atoms with Crippen LogP contribution in [0.4, 0.5) is 4.79 Å². The summed E-state index contributed by atoms with van der Waals surface area (Å²) in [5.41, 5.74) is 0.397. The average molecular weight is 428 g/mol. The van der Waals surface area contributed by atoms with Gasteiger partial charge in [-0.3, -0.25) is 20.2 Å². The molecule has 1 aliphatic rings. The second-order valence-corrected chi connectivity index (χ2v) is 5.59. The van der Waals surface area contributed by atoms with Crippen molar-refractivity contribution in [2.24, 2.45) is 0 Å². The largest absolute Gasteiger partial charge is 0.493 e. The van der Waals surface area contributed by atoms with Crippen molar-refractivity contribution < 1.29 is 23.9 Å². The van der Waals surface area contributed by atoms with Crippen LogP contribution in [0.1, 0.15) is 5.56 Å². The fraction of sp³-hybridized carbons (Fsp3) is 0.133. The van der Waals surface area contributed by atoms with Gasteiger partial charge in [-0.2, -0.15) is 0 Å². The van der Waals surface area contributed by atoms with Crippen LogP contribution in [0.25, 0.3) is 6.08 Å². The molecule has 0 spiro atoms. The monoisotopic (exact) mass is 428 g/mol. The summed E-state index contributed by atoms with van der Waals surface area (Å²) in [5.74, 6) is -0.499. The highest BCUT2D eigenvalue weighted by Gasteiger charge is 2.27. The van der Waals surface area contributed by atoms with Gasteiger partial charge < -0.3 is 9.47 Å². The van der Waals surface area contributed by atoms with Gasteiger partial charge in [0.25, 0.3) is 11.8 Å². The minimum atomic E-state index is -0.836. The van der Waals surface area contributed by atoms with Crippen LogP contribution in [-0.2, 0) is 9.59 Å². The number of hydrogen-bond acceptors (Lipinski definition) is 5. The zero-order chi connectivity index (χ0) is 17.0. The molecule has 1 aliphatic heterocycles. The number of imide groups is 2. The molecule has 1 aromatic rings. The summed E-state index contributed by atoms with van der Waals surface area (Å²) in [4.78, 5) is 34.5. The molecular weight excluding hydrogens is 415 g/mol. The number of carbonyl (C=O) groups excluding carboxylic acids is 3. The highest BCUT2D eigenvalue weighted by Crippen LogP contribution is 2.34. The molecule has 0 aliphatic carbocycles. The Morgan fingerprint density at radius 3 is 2.43 bits per heavy atom. The summed E-state index contributed by atoms with van der Waals surface area (Å²) in [6, 6.07) is 2.52. The molecule has 0 aromatic heterocycles. The van der Waals surface area contributed by atoms with Crippen LogP contribution >= 0.6 is 22.6 Å². The van der Waals surface area contributed by atoms with Gasteiger partial charge in [-0.25, -0.2) is 4.79 Å². The van der Waals surface area contributed by atoms with Crippen molar-refractivity contribution in [1.82, 2.24) is 10.6 Å². The Morgan fingerprint density at radius 2 is 1.87 bits per heavy atom. The molecule has 7 nitrogen and oxygen atoms in total. The van der Waals surface area contributed by atoms with E-state index in [1.165, 1.54) is 13.2 Å². The number of amides is 4. The smallest absolute Gasteiger partial charge is 0.328 e. The van der Waals surface area contributed by atoms with E-state index in [2.05, 4.69) is 29.2 Å². The molecule has 23 heavy (non-hydrogen) atoms. The summed E-state index contributed by atoms with van der Waals surface area (Å²) < 4.78 is 11.5. The van der Waals surface area contributed by atoms with Crippen LogP contribution in [0.5, 0.6) is 11.5 Å². The highest BCUT2D eigenvalue weighted by molar-refractivity contribution is 14.1. The maximum atomic E-state index is 11.7. The molecule has 1 fully saturated rings. The molecule has 0 atom stereocenters. The molecule has 1 saturated heterocycles. The van der Waals surface area contributed by atoms with Crippen LogP contribution in [0.15, 0.2) is 30.4 Å². The van der Waals surface area contributed by atoms with Gasteiger partial charge in [0.2, 0.25) is 0 Å². The molecule has 0 unspecified atom stereocenters. The van der Waals surface area contributed by atoms with Gasteiger partial charge in [0.15, 0.2) is 11.5 Å². The van der Waals surface area contributed by atoms with E-state index in [0.717, 1.165) is 3.57 Å². The normalized spacial score (nSPS) is 14.0. The van der Waals surface area contributed by atoms with Crippen LogP contribution in [0.3, 0.4) is 0 Å². The van der Waals surface area contributed by atoms with Gasteiger partial charge >= 0.3 is 6.03 Å². The average Bonchev–Trinajstić information content (AvgIpc) is 2.49. The number of hydrogen-bond donors (Lipinski definition) is 2. The molecule has 0 saturated carbocycles. The highest BCUT2D eigenvalue weighted by atomic mass is 127. The quantitative estimate of drug-likeness (QED) is 0.322. The fourth-order valence-electron chi connectivity index (χ4n) is 1.88. The summed E-state index contributed by atoms with van der Waals surface area (Å²) in [5, 5.41) is 4.03. The van der Waals surface area contributed by atoms with Crippen molar-refractivity contribution in [2.45, 2.75) is 0 Å². The molecule has 4 amide bonds. The van der Waals surface area contributed by atoms with Crippen LogP contribution in [-0.4, -0.2) is 31.6 Å². The van der Waals surface area contributed by atoms with Crippen LogP contribution < -0.4 is 20.1 Å². The van der Waals surface area contributed by atoms with Gasteiger partial charge in [0.05, 0.1) is 10.7 Å². The third-order valence-corrected chi connectivity index (χ3v) is 3.65. The third kappa shape index (κ3) is 3.89. The van der Waals surface area contributed by atoms with Crippen molar-refractivity contribution in [2.75, 3.05) is 13.7 Å². The first-order chi connectivity index (χ1) is 11.0. The van der Waals surface area contributed by atoms with Crippen molar-refractivity contribution in [3.63, 3.8) is 0 Å². The maximum absolute atomic E-state index is 11.7. The Bertz CT molecular complexity index is 705. The second-order valence-electron chi connectivity index (χ2n) is 4.43. The zero-order valence-corrected chi connectivity index (χ0v) is 14.3. The van der Waals surface area contributed by atoms with Crippen molar-refractivity contribution in [3.05, 3.63) is 39.5 Å². The summed E-state index contributed by atoms with van der Waals surface area (Å²) in [6.45, 7) is 3.90. The topological polar surface area (TPSA) is 93.7 Å². The molecule has 1 heterocycles. The Kier molecular flexibility index (Phi) is 5.37. The van der Waals surface area contributed by atoms with E-state index in [1.54, 1.807) is 18.2 Å². The Balaban J connectivity index is 2.40. The van der Waals surface area contributed by atoms with Crippen LogP contribution in [0.2, 0.25) is 0 Å². The lowest BCUT2D eigenvalue weighted by atomic mass is 10.1. The Labute approximate surface area is 145 Å². The molecule has 1 aromatic carbocycles. The van der Waals surface area contributed by atoms with E-state index in [0.29, 0.717) is 23.7 Å². The van der Waals surface area contributed by atoms with Gasteiger partial charge in [-0.05, 0) is 46.4 Å². The SMILES string of the molecule is C=CCOc1c(I)cc(C=C2C(=O)NC(=O)NC2=O)cc1OC.